The molecule has 0 fully saturated rings. The fraction of sp³-hybridized carbons (Fsp3) is 0.0526. The van der Waals surface area contributed by atoms with E-state index in [2.05, 4.69) is 5.32 Å². The lowest BCUT2D eigenvalue weighted by Crippen LogP contribution is -2.25. The van der Waals surface area contributed by atoms with Crippen LogP contribution in [0, 0.1) is 5.82 Å². The van der Waals surface area contributed by atoms with Crippen molar-refractivity contribution in [1.82, 2.24) is 4.57 Å². The average Bonchev–Trinajstić information content (AvgIpc) is 3.06. The van der Waals surface area contributed by atoms with Gasteiger partial charge < -0.3 is 9.88 Å². The maximum atomic E-state index is 13.0. The van der Waals surface area contributed by atoms with E-state index >= 15 is 0 Å². The Kier molecular flexibility index (Phi) is 4.95. The maximum absolute atomic E-state index is 13.0. The van der Waals surface area contributed by atoms with Crippen molar-refractivity contribution in [3.8, 4) is 0 Å². The number of nitrogens with zero attached hydrogens (tertiary/aromatic N) is 1. The lowest BCUT2D eigenvalue weighted by molar-refractivity contribution is -0.112. The minimum Gasteiger partial charge on any atom is -0.340 e. The Labute approximate surface area is 148 Å². The molecule has 6 heteroatoms. The summed E-state index contributed by atoms with van der Waals surface area (Å²) in [7, 11) is 0. The summed E-state index contributed by atoms with van der Waals surface area (Å²) in [6, 6.07) is 15.7. The largest absolute Gasteiger partial charge is 0.340 e. The number of amides is 1. The first-order valence-electron chi connectivity index (χ1n) is 7.54. The van der Waals surface area contributed by atoms with Crippen LogP contribution < -0.4 is 5.32 Å². The van der Waals surface area contributed by atoms with E-state index in [-0.39, 0.29) is 11.5 Å². The number of nitrogens with one attached hydrogen (secondary N) is 1. The van der Waals surface area contributed by atoms with E-state index in [1.807, 2.05) is 0 Å². The Bertz CT molecular complexity index is 902. The average molecular weight is 357 g/mol. The minimum absolute atomic E-state index is 0.260. The molecule has 1 heterocycles. The third-order valence-corrected chi connectivity index (χ3v) is 3.89. The van der Waals surface area contributed by atoms with Crippen LogP contribution in [-0.4, -0.2) is 16.3 Å². The SMILES string of the molecule is O=C(Nc1ccc(Cl)cc1)C(=O)c1cccn1Cc1ccc(F)cc1. The van der Waals surface area contributed by atoms with Crippen LogP contribution in [0.25, 0.3) is 0 Å². The molecule has 0 saturated heterocycles. The van der Waals surface area contributed by atoms with E-state index < -0.39 is 11.7 Å². The predicted octanol–water partition coefficient (Wildman–Crippen LogP) is 4.15. The number of ketones is 1. The second-order valence-electron chi connectivity index (χ2n) is 5.44. The second kappa shape index (κ2) is 7.32. The molecule has 3 aromatic rings. The summed E-state index contributed by atoms with van der Waals surface area (Å²) < 4.78 is 14.6. The number of rotatable bonds is 5. The smallest absolute Gasteiger partial charge is 0.298 e. The fourth-order valence-corrected chi connectivity index (χ4v) is 2.51. The van der Waals surface area contributed by atoms with Crippen molar-refractivity contribution >= 4 is 29.0 Å². The number of hydrogen-bond acceptors (Lipinski definition) is 2. The van der Waals surface area contributed by atoms with Gasteiger partial charge in [0, 0.05) is 23.5 Å². The van der Waals surface area contributed by atoms with Gasteiger partial charge in [-0.2, -0.15) is 0 Å². The van der Waals surface area contributed by atoms with Gasteiger partial charge >= 0.3 is 0 Å². The highest BCUT2D eigenvalue weighted by molar-refractivity contribution is 6.46. The summed E-state index contributed by atoms with van der Waals surface area (Å²) in [6.45, 7) is 0.364. The van der Waals surface area contributed by atoms with Gasteiger partial charge in [0.15, 0.2) is 0 Å². The zero-order valence-electron chi connectivity index (χ0n) is 13.1. The molecule has 0 aliphatic carbocycles. The first kappa shape index (κ1) is 16.9. The Morgan fingerprint density at radius 2 is 1.68 bits per heavy atom. The van der Waals surface area contributed by atoms with Crippen molar-refractivity contribution in [3.05, 3.63) is 89.0 Å². The molecular weight excluding hydrogens is 343 g/mol. The van der Waals surface area contributed by atoms with Gasteiger partial charge in [-0.3, -0.25) is 9.59 Å². The highest BCUT2D eigenvalue weighted by Crippen LogP contribution is 2.15. The van der Waals surface area contributed by atoms with Crippen molar-refractivity contribution < 1.29 is 14.0 Å². The van der Waals surface area contributed by atoms with E-state index in [1.54, 1.807) is 59.3 Å². The first-order chi connectivity index (χ1) is 12.0. The highest BCUT2D eigenvalue weighted by atomic mass is 35.5. The van der Waals surface area contributed by atoms with Crippen LogP contribution in [0.3, 0.4) is 0 Å². The van der Waals surface area contributed by atoms with Crippen LogP contribution >= 0.6 is 11.6 Å². The van der Waals surface area contributed by atoms with Gasteiger partial charge in [0.05, 0.1) is 5.69 Å². The quantitative estimate of drug-likeness (QED) is 0.551. The highest BCUT2D eigenvalue weighted by Gasteiger charge is 2.19. The molecule has 0 radical (unpaired) electrons. The van der Waals surface area contributed by atoms with Crippen molar-refractivity contribution in [3.63, 3.8) is 0 Å². The molecule has 0 saturated carbocycles. The number of aromatic nitrogens is 1. The molecule has 25 heavy (non-hydrogen) atoms. The molecule has 126 valence electrons. The summed E-state index contributed by atoms with van der Waals surface area (Å²) in [6.07, 6.45) is 1.70. The van der Waals surface area contributed by atoms with Crippen LogP contribution in [0.1, 0.15) is 16.1 Å². The zero-order chi connectivity index (χ0) is 17.8. The fourth-order valence-electron chi connectivity index (χ4n) is 2.38. The lowest BCUT2D eigenvalue weighted by atomic mass is 10.2. The van der Waals surface area contributed by atoms with E-state index in [0.717, 1.165) is 5.56 Å². The van der Waals surface area contributed by atoms with Gasteiger partial charge in [-0.25, -0.2) is 4.39 Å². The van der Waals surface area contributed by atoms with E-state index in [9.17, 15) is 14.0 Å². The van der Waals surface area contributed by atoms with E-state index in [4.69, 9.17) is 11.6 Å². The Morgan fingerprint density at radius 1 is 1.00 bits per heavy atom. The molecule has 1 aromatic heterocycles. The maximum Gasteiger partial charge on any atom is 0.298 e. The van der Waals surface area contributed by atoms with E-state index in [0.29, 0.717) is 17.3 Å². The Hall–Kier alpha value is -2.92. The molecule has 0 spiro atoms. The van der Waals surface area contributed by atoms with Crippen LogP contribution in [0.2, 0.25) is 5.02 Å². The molecule has 0 aliphatic heterocycles. The number of anilines is 1. The number of benzene rings is 2. The molecule has 4 nitrogen and oxygen atoms in total. The molecular formula is C19H14ClFN2O2. The lowest BCUT2D eigenvalue weighted by Gasteiger charge is -2.09. The summed E-state index contributed by atoms with van der Waals surface area (Å²) in [5.41, 5.74) is 1.57. The normalized spacial score (nSPS) is 10.5. The first-order valence-corrected chi connectivity index (χ1v) is 7.91. The van der Waals surface area contributed by atoms with Crippen LogP contribution in [0.5, 0.6) is 0 Å². The van der Waals surface area contributed by atoms with Crippen molar-refractivity contribution in [2.45, 2.75) is 6.54 Å². The molecule has 1 N–H and O–H groups in total. The van der Waals surface area contributed by atoms with Gasteiger partial charge in [0.1, 0.15) is 5.82 Å². The molecule has 3 rings (SSSR count). The minimum atomic E-state index is -0.735. The van der Waals surface area contributed by atoms with Crippen molar-refractivity contribution in [2.24, 2.45) is 0 Å². The Balaban J connectivity index is 1.74. The summed E-state index contributed by atoms with van der Waals surface area (Å²) in [5.74, 6) is -1.71. The summed E-state index contributed by atoms with van der Waals surface area (Å²) in [5, 5.41) is 3.09. The molecule has 1 amide bonds. The van der Waals surface area contributed by atoms with Gasteiger partial charge in [-0.1, -0.05) is 23.7 Å². The summed E-state index contributed by atoms with van der Waals surface area (Å²) >= 11 is 5.79. The predicted molar refractivity (Wildman–Crippen MR) is 94.3 cm³/mol. The number of hydrogen-bond donors (Lipinski definition) is 1. The van der Waals surface area contributed by atoms with Gasteiger partial charge in [0.25, 0.3) is 11.7 Å². The van der Waals surface area contributed by atoms with Crippen LogP contribution in [0.15, 0.2) is 66.9 Å². The molecule has 0 atom stereocenters. The van der Waals surface area contributed by atoms with Gasteiger partial charge in [-0.05, 0) is 54.1 Å². The second-order valence-corrected chi connectivity index (χ2v) is 5.87. The van der Waals surface area contributed by atoms with Crippen molar-refractivity contribution in [2.75, 3.05) is 5.32 Å². The molecule has 0 bridgehead atoms. The molecule has 0 unspecified atom stereocenters. The number of halogens is 2. The standard InChI is InChI=1S/C19H14ClFN2O2/c20-14-5-9-16(10-6-14)22-19(25)18(24)17-2-1-11-23(17)12-13-3-7-15(21)8-4-13/h1-11H,12H2,(H,22,25). The monoisotopic (exact) mass is 356 g/mol. The van der Waals surface area contributed by atoms with Crippen LogP contribution in [-0.2, 0) is 11.3 Å². The van der Waals surface area contributed by atoms with Crippen LogP contribution in [0.4, 0.5) is 10.1 Å². The number of Topliss-reactive ketones (excluding diaryl/α,β-unsaturated/α-hetero) is 1. The number of carbonyl (C=O) groups excluding carboxylic acids is 2. The van der Waals surface area contributed by atoms with Gasteiger partial charge in [0.2, 0.25) is 0 Å². The van der Waals surface area contributed by atoms with E-state index in [1.165, 1.54) is 12.1 Å². The number of carbonyl (C=O) groups is 2. The van der Waals surface area contributed by atoms with Gasteiger partial charge in [-0.15, -0.1) is 0 Å². The summed E-state index contributed by atoms with van der Waals surface area (Å²) in [4.78, 5) is 24.6. The topological polar surface area (TPSA) is 51.1 Å². The molecule has 0 aliphatic rings. The third-order valence-electron chi connectivity index (χ3n) is 3.64. The zero-order valence-corrected chi connectivity index (χ0v) is 13.8. The third kappa shape index (κ3) is 4.14. The van der Waals surface area contributed by atoms with Crippen molar-refractivity contribution in [1.29, 1.82) is 0 Å². The Morgan fingerprint density at radius 3 is 2.36 bits per heavy atom. The molecule has 2 aromatic carbocycles.